The van der Waals surface area contributed by atoms with E-state index in [1.54, 1.807) is 6.07 Å². The van der Waals surface area contributed by atoms with Crippen LogP contribution in [0, 0.1) is 5.92 Å². The van der Waals surface area contributed by atoms with Crippen molar-refractivity contribution < 1.29 is 21.6 Å². The van der Waals surface area contributed by atoms with Gasteiger partial charge in [0.15, 0.2) is 9.84 Å². The Kier molecular flexibility index (Phi) is 4.63. The van der Waals surface area contributed by atoms with Crippen molar-refractivity contribution in [3.8, 4) is 0 Å². The van der Waals surface area contributed by atoms with E-state index in [2.05, 4.69) is 5.32 Å². The van der Waals surface area contributed by atoms with E-state index < -0.39 is 21.6 Å². The summed E-state index contributed by atoms with van der Waals surface area (Å²) >= 11 is 0. The highest BCUT2D eigenvalue weighted by Gasteiger charge is 2.36. The van der Waals surface area contributed by atoms with E-state index >= 15 is 0 Å². The van der Waals surface area contributed by atoms with Crippen molar-refractivity contribution in [3.63, 3.8) is 0 Å². The molecular weight excluding hydrogens is 303 g/mol. The largest absolute Gasteiger partial charge is 0.416 e. The third kappa shape index (κ3) is 3.97. The first-order valence-electron chi connectivity index (χ1n) is 6.84. The van der Waals surface area contributed by atoms with Crippen molar-refractivity contribution in [1.29, 1.82) is 0 Å². The van der Waals surface area contributed by atoms with E-state index in [1.807, 2.05) is 6.92 Å². The minimum atomic E-state index is -4.39. The molecule has 0 saturated carbocycles. The Morgan fingerprint density at radius 3 is 2.62 bits per heavy atom. The number of hydrogen-bond donors (Lipinski definition) is 1. The van der Waals surface area contributed by atoms with Gasteiger partial charge in [-0.15, -0.1) is 0 Å². The summed E-state index contributed by atoms with van der Waals surface area (Å²) < 4.78 is 61.6. The summed E-state index contributed by atoms with van der Waals surface area (Å²) in [6.45, 7) is 2.42. The molecule has 7 heteroatoms. The second-order valence-corrected chi connectivity index (χ2v) is 7.55. The molecule has 1 fully saturated rings. The molecule has 0 aromatic heterocycles. The zero-order valence-electron chi connectivity index (χ0n) is 11.7. The fourth-order valence-corrected chi connectivity index (χ4v) is 4.61. The molecule has 0 radical (unpaired) electrons. The molecule has 0 spiro atoms. The summed E-state index contributed by atoms with van der Waals surface area (Å²) in [5, 5.41) is 3.13. The van der Waals surface area contributed by atoms with Gasteiger partial charge in [-0.05, 0) is 36.6 Å². The van der Waals surface area contributed by atoms with Crippen molar-refractivity contribution >= 4 is 9.84 Å². The van der Waals surface area contributed by atoms with Crippen LogP contribution in [0.2, 0.25) is 0 Å². The van der Waals surface area contributed by atoms with Gasteiger partial charge in [-0.25, -0.2) is 8.42 Å². The zero-order valence-corrected chi connectivity index (χ0v) is 12.5. The van der Waals surface area contributed by atoms with Gasteiger partial charge in [0.05, 0.1) is 17.1 Å². The minimum Gasteiger partial charge on any atom is -0.310 e. The van der Waals surface area contributed by atoms with E-state index in [0.717, 1.165) is 12.1 Å². The standard InChI is InChI=1S/C14H18F3NO2S/c1-2-18-13(11-6-7-21(19,20)9-11)10-4-3-5-12(8-10)14(15,16)17/h3-5,8,11,13,18H,2,6-7,9H2,1H3. The maximum atomic E-state index is 12.8. The SMILES string of the molecule is CCNC(c1cccc(C(F)(F)F)c1)C1CCS(=O)(=O)C1. The molecule has 2 rings (SSSR count). The highest BCUT2D eigenvalue weighted by atomic mass is 32.2. The Bertz CT molecular complexity index is 598. The summed E-state index contributed by atoms with van der Waals surface area (Å²) in [6, 6.07) is 4.75. The normalized spacial score (nSPS) is 23.1. The van der Waals surface area contributed by atoms with E-state index in [-0.39, 0.29) is 23.5 Å². The fourth-order valence-electron chi connectivity index (χ4n) is 2.77. The van der Waals surface area contributed by atoms with Gasteiger partial charge < -0.3 is 5.32 Å². The highest BCUT2D eigenvalue weighted by Crippen LogP contribution is 2.35. The predicted octanol–water partition coefficient (Wildman–Crippen LogP) is 2.79. The van der Waals surface area contributed by atoms with Crippen LogP contribution in [0.4, 0.5) is 13.2 Å². The summed E-state index contributed by atoms with van der Waals surface area (Å²) in [5.41, 5.74) is -0.211. The lowest BCUT2D eigenvalue weighted by Gasteiger charge is -2.24. The second kappa shape index (κ2) is 5.96. The summed E-state index contributed by atoms with van der Waals surface area (Å²) in [5.74, 6) is -0.0437. The van der Waals surface area contributed by atoms with Crippen molar-refractivity contribution in [1.82, 2.24) is 5.32 Å². The zero-order chi connectivity index (χ0) is 15.7. The first kappa shape index (κ1) is 16.3. The Labute approximate surface area is 122 Å². The van der Waals surface area contributed by atoms with Gasteiger partial charge in [-0.3, -0.25) is 0 Å². The van der Waals surface area contributed by atoms with Crippen LogP contribution in [0.25, 0.3) is 0 Å². The quantitative estimate of drug-likeness (QED) is 0.927. The Morgan fingerprint density at radius 1 is 1.38 bits per heavy atom. The second-order valence-electron chi connectivity index (χ2n) is 5.32. The molecule has 0 aliphatic carbocycles. The lowest BCUT2D eigenvalue weighted by Crippen LogP contribution is -2.29. The molecule has 3 nitrogen and oxygen atoms in total. The van der Waals surface area contributed by atoms with Crippen LogP contribution in [-0.2, 0) is 16.0 Å². The van der Waals surface area contributed by atoms with Gasteiger partial charge in [0.25, 0.3) is 0 Å². The monoisotopic (exact) mass is 321 g/mol. The van der Waals surface area contributed by atoms with Crippen LogP contribution in [0.15, 0.2) is 24.3 Å². The highest BCUT2D eigenvalue weighted by molar-refractivity contribution is 7.91. The van der Waals surface area contributed by atoms with Crippen LogP contribution >= 0.6 is 0 Å². The minimum absolute atomic E-state index is 0.0287. The average molecular weight is 321 g/mol. The number of alkyl halides is 3. The van der Waals surface area contributed by atoms with Crippen LogP contribution in [0.1, 0.15) is 30.5 Å². The molecule has 118 valence electrons. The Morgan fingerprint density at radius 2 is 2.10 bits per heavy atom. The van der Waals surface area contributed by atoms with E-state index in [1.165, 1.54) is 6.07 Å². The predicted molar refractivity (Wildman–Crippen MR) is 74.6 cm³/mol. The molecule has 1 aliphatic rings. The van der Waals surface area contributed by atoms with Crippen molar-refractivity contribution in [3.05, 3.63) is 35.4 Å². The number of benzene rings is 1. The maximum absolute atomic E-state index is 12.8. The molecule has 2 unspecified atom stereocenters. The molecule has 2 atom stereocenters. The number of sulfone groups is 1. The molecular formula is C14H18F3NO2S. The lowest BCUT2D eigenvalue weighted by molar-refractivity contribution is -0.137. The van der Waals surface area contributed by atoms with Gasteiger partial charge in [-0.2, -0.15) is 13.2 Å². The Balaban J connectivity index is 2.31. The van der Waals surface area contributed by atoms with Gasteiger partial charge in [0.1, 0.15) is 0 Å². The van der Waals surface area contributed by atoms with Crippen molar-refractivity contribution in [2.75, 3.05) is 18.1 Å². The summed E-state index contributed by atoms with van der Waals surface area (Å²) in [7, 11) is -3.07. The third-order valence-corrected chi connectivity index (χ3v) is 5.53. The molecule has 1 aromatic carbocycles. The average Bonchev–Trinajstić information content (AvgIpc) is 2.75. The first-order valence-corrected chi connectivity index (χ1v) is 8.66. The smallest absolute Gasteiger partial charge is 0.310 e. The molecule has 0 amide bonds. The van der Waals surface area contributed by atoms with Crippen LogP contribution in [-0.4, -0.2) is 26.5 Å². The molecule has 1 saturated heterocycles. The van der Waals surface area contributed by atoms with Crippen LogP contribution < -0.4 is 5.32 Å². The molecule has 21 heavy (non-hydrogen) atoms. The molecule has 0 bridgehead atoms. The van der Waals surface area contributed by atoms with Gasteiger partial charge in [0.2, 0.25) is 0 Å². The van der Waals surface area contributed by atoms with Gasteiger partial charge in [0, 0.05) is 6.04 Å². The number of rotatable bonds is 4. The molecule has 1 aliphatic heterocycles. The van der Waals surface area contributed by atoms with E-state index in [0.29, 0.717) is 18.5 Å². The number of nitrogens with one attached hydrogen (secondary N) is 1. The maximum Gasteiger partial charge on any atom is 0.416 e. The number of hydrogen-bond acceptors (Lipinski definition) is 3. The third-order valence-electron chi connectivity index (χ3n) is 3.74. The fraction of sp³-hybridized carbons (Fsp3) is 0.571. The van der Waals surface area contributed by atoms with Crippen molar-refractivity contribution in [2.45, 2.75) is 25.6 Å². The molecule has 1 aromatic rings. The van der Waals surface area contributed by atoms with Gasteiger partial charge in [-0.1, -0.05) is 19.1 Å². The first-order chi connectivity index (χ1) is 9.73. The lowest BCUT2D eigenvalue weighted by atomic mass is 9.91. The van der Waals surface area contributed by atoms with Crippen molar-refractivity contribution in [2.24, 2.45) is 5.92 Å². The summed E-state index contributed by atoms with van der Waals surface area (Å²) in [4.78, 5) is 0. The van der Waals surface area contributed by atoms with Crippen LogP contribution in [0.3, 0.4) is 0 Å². The summed E-state index contributed by atoms with van der Waals surface area (Å²) in [6.07, 6.45) is -3.91. The van der Waals surface area contributed by atoms with Crippen LogP contribution in [0.5, 0.6) is 0 Å². The number of halogens is 3. The topological polar surface area (TPSA) is 46.2 Å². The molecule has 1 N–H and O–H groups in total. The van der Waals surface area contributed by atoms with Gasteiger partial charge >= 0.3 is 6.18 Å². The van der Waals surface area contributed by atoms with E-state index in [9.17, 15) is 21.6 Å². The Hall–Kier alpha value is -1.08. The van der Waals surface area contributed by atoms with E-state index in [4.69, 9.17) is 0 Å². The molecule has 1 heterocycles.